The average Bonchev–Trinajstić information content (AvgIpc) is 2.90. The summed E-state index contributed by atoms with van der Waals surface area (Å²) < 4.78 is 1.78. The number of hydrogen-bond donors (Lipinski definition) is 6. The number of aromatic nitrogens is 2. The number of amides is 2. The van der Waals surface area contributed by atoms with Gasteiger partial charge in [-0.3, -0.25) is 14.3 Å². The van der Waals surface area contributed by atoms with Crippen molar-refractivity contribution in [2.24, 2.45) is 0 Å². The zero-order valence-electron chi connectivity index (χ0n) is 12.1. The van der Waals surface area contributed by atoms with Crippen LogP contribution in [0.3, 0.4) is 0 Å². The second-order valence-corrected chi connectivity index (χ2v) is 5.87. The van der Waals surface area contributed by atoms with E-state index in [2.05, 4.69) is 15.7 Å². The van der Waals surface area contributed by atoms with Crippen molar-refractivity contribution in [1.82, 2.24) is 20.4 Å². The van der Waals surface area contributed by atoms with Crippen molar-refractivity contribution in [3.8, 4) is 0 Å². The molecule has 0 aliphatic heterocycles. The molecule has 2 unspecified atom stereocenters. The van der Waals surface area contributed by atoms with Gasteiger partial charge in [-0.25, -0.2) is 0 Å². The Hall–Kier alpha value is -1.28. The van der Waals surface area contributed by atoms with Crippen LogP contribution in [0.4, 0.5) is 0 Å². The number of aliphatic hydroxyl groups is 4. The second-order valence-electron chi connectivity index (χ2n) is 4.71. The molecule has 0 fully saturated rings. The van der Waals surface area contributed by atoms with Crippen LogP contribution in [0.25, 0.3) is 0 Å². The summed E-state index contributed by atoms with van der Waals surface area (Å²) in [4.78, 5) is 23.5. The molecule has 130 valence electrons. The Morgan fingerprint density at radius 2 is 1.74 bits per heavy atom. The van der Waals surface area contributed by atoms with E-state index in [1.807, 2.05) is 22.6 Å². The lowest BCUT2D eigenvalue weighted by Crippen LogP contribution is -2.36. The molecule has 2 amide bonds. The molecule has 0 spiro atoms. The molecule has 1 rings (SSSR count). The summed E-state index contributed by atoms with van der Waals surface area (Å²) in [5.74, 6) is -0.962. The summed E-state index contributed by atoms with van der Waals surface area (Å²) in [7, 11) is 0. The number of carbonyl (C=O) groups excluding carboxylic acids is 2. The number of hydrogen-bond acceptors (Lipinski definition) is 7. The lowest BCUT2D eigenvalue weighted by atomic mass is 10.3. The van der Waals surface area contributed by atoms with Gasteiger partial charge in [0.1, 0.15) is 6.54 Å². The molecular weight excluding hydrogens is 423 g/mol. The summed E-state index contributed by atoms with van der Waals surface area (Å²) in [5, 5.41) is 44.5. The Labute approximate surface area is 145 Å². The van der Waals surface area contributed by atoms with Crippen LogP contribution in [0.2, 0.25) is 0 Å². The summed E-state index contributed by atoms with van der Waals surface area (Å²) in [6.07, 6.45) is -0.585. The van der Waals surface area contributed by atoms with E-state index in [9.17, 15) is 14.7 Å². The van der Waals surface area contributed by atoms with Crippen LogP contribution in [0.5, 0.6) is 0 Å². The Morgan fingerprint density at radius 1 is 1.17 bits per heavy atom. The Kier molecular flexibility index (Phi) is 8.40. The van der Waals surface area contributed by atoms with Gasteiger partial charge in [0.15, 0.2) is 5.69 Å². The van der Waals surface area contributed by atoms with Gasteiger partial charge in [0, 0.05) is 19.3 Å². The van der Waals surface area contributed by atoms with E-state index in [1.54, 1.807) is 0 Å². The van der Waals surface area contributed by atoms with E-state index in [4.69, 9.17) is 15.3 Å². The third-order valence-corrected chi connectivity index (χ3v) is 3.48. The van der Waals surface area contributed by atoms with Crippen LogP contribution in [0.15, 0.2) is 6.20 Å². The Bertz CT molecular complexity index is 538. The van der Waals surface area contributed by atoms with E-state index >= 15 is 0 Å². The second kappa shape index (κ2) is 9.77. The van der Waals surface area contributed by atoms with E-state index in [1.165, 1.54) is 10.9 Å². The summed E-state index contributed by atoms with van der Waals surface area (Å²) in [6, 6.07) is 0. The smallest absolute Gasteiger partial charge is 0.272 e. The molecule has 1 heterocycles. The maximum absolute atomic E-state index is 11.9. The van der Waals surface area contributed by atoms with Crippen LogP contribution in [-0.2, 0) is 11.3 Å². The fraction of sp³-hybridized carbons (Fsp3) is 0.583. The number of nitrogens with one attached hydrogen (secondary N) is 2. The molecule has 0 aromatic carbocycles. The maximum Gasteiger partial charge on any atom is 0.272 e. The number of aliphatic hydroxyl groups excluding tert-OH is 4. The van der Waals surface area contributed by atoms with Crippen molar-refractivity contribution in [3.63, 3.8) is 0 Å². The fourth-order valence-electron chi connectivity index (χ4n) is 1.49. The van der Waals surface area contributed by atoms with Gasteiger partial charge < -0.3 is 31.1 Å². The topological polar surface area (TPSA) is 157 Å². The first-order valence-electron chi connectivity index (χ1n) is 6.73. The number of nitrogens with zero attached hydrogens (tertiary/aromatic N) is 2. The van der Waals surface area contributed by atoms with Crippen molar-refractivity contribution in [1.29, 1.82) is 0 Å². The van der Waals surface area contributed by atoms with Gasteiger partial charge in [0.2, 0.25) is 5.91 Å². The summed E-state index contributed by atoms with van der Waals surface area (Å²) in [6.45, 7) is -1.27. The predicted octanol–water partition coefficient (Wildman–Crippen LogP) is -2.96. The highest BCUT2D eigenvalue weighted by molar-refractivity contribution is 14.1. The predicted molar refractivity (Wildman–Crippen MR) is 86.5 cm³/mol. The molecule has 1 aromatic heterocycles. The molecule has 0 aliphatic rings. The lowest BCUT2D eigenvalue weighted by molar-refractivity contribution is -0.122. The van der Waals surface area contributed by atoms with Crippen LogP contribution >= 0.6 is 22.6 Å². The highest BCUT2D eigenvalue weighted by Gasteiger charge is 2.17. The summed E-state index contributed by atoms with van der Waals surface area (Å²) >= 11 is 1.89. The standard InChI is InChI=1S/C12H19IN4O6/c13-9-3-17(4-10(22)14-1-7(20)5-18)16-11(9)12(23)15-2-8(21)6-19/h3,7-8,18-21H,1-2,4-6H2,(H,14,22)(H,15,23). The zero-order chi connectivity index (χ0) is 17.4. The first-order valence-corrected chi connectivity index (χ1v) is 7.81. The van der Waals surface area contributed by atoms with E-state index in [-0.39, 0.29) is 25.3 Å². The highest BCUT2D eigenvalue weighted by atomic mass is 127. The van der Waals surface area contributed by atoms with Crippen molar-refractivity contribution in [2.75, 3.05) is 26.3 Å². The van der Waals surface area contributed by atoms with E-state index < -0.39 is 37.2 Å². The first-order chi connectivity index (χ1) is 10.9. The molecule has 0 aliphatic carbocycles. The molecule has 23 heavy (non-hydrogen) atoms. The van der Waals surface area contributed by atoms with Crippen molar-refractivity contribution >= 4 is 34.4 Å². The molecule has 1 aromatic rings. The number of rotatable bonds is 9. The molecule has 0 saturated heterocycles. The molecule has 0 radical (unpaired) electrons. The highest BCUT2D eigenvalue weighted by Crippen LogP contribution is 2.10. The first kappa shape index (κ1) is 19.8. The van der Waals surface area contributed by atoms with Gasteiger partial charge in [0.05, 0.1) is 29.0 Å². The zero-order valence-corrected chi connectivity index (χ0v) is 14.3. The van der Waals surface area contributed by atoms with Gasteiger partial charge >= 0.3 is 0 Å². The van der Waals surface area contributed by atoms with Gasteiger partial charge in [-0.1, -0.05) is 0 Å². The molecule has 2 atom stereocenters. The van der Waals surface area contributed by atoms with Crippen molar-refractivity contribution in [3.05, 3.63) is 15.5 Å². The molecule has 11 heteroatoms. The largest absolute Gasteiger partial charge is 0.394 e. The minimum atomic E-state index is -1.05. The van der Waals surface area contributed by atoms with E-state index in [0.717, 1.165) is 0 Å². The number of carbonyl (C=O) groups is 2. The molecule has 0 bridgehead atoms. The normalized spacial score (nSPS) is 13.4. The van der Waals surface area contributed by atoms with Gasteiger partial charge in [-0.15, -0.1) is 0 Å². The fourth-order valence-corrected chi connectivity index (χ4v) is 2.16. The average molecular weight is 442 g/mol. The van der Waals surface area contributed by atoms with Gasteiger partial charge in [0.25, 0.3) is 5.91 Å². The van der Waals surface area contributed by atoms with Crippen LogP contribution in [-0.4, -0.2) is 80.5 Å². The van der Waals surface area contributed by atoms with Crippen LogP contribution in [0, 0.1) is 3.57 Å². The lowest BCUT2D eigenvalue weighted by Gasteiger charge is -2.09. The van der Waals surface area contributed by atoms with Gasteiger partial charge in [-0.05, 0) is 22.6 Å². The minimum Gasteiger partial charge on any atom is -0.394 e. The Balaban J connectivity index is 2.57. The maximum atomic E-state index is 11.9. The van der Waals surface area contributed by atoms with E-state index in [0.29, 0.717) is 3.57 Å². The van der Waals surface area contributed by atoms with Crippen LogP contribution < -0.4 is 10.6 Å². The third-order valence-electron chi connectivity index (χ3n) is 2.69. The monoisotopic (exact) mass is 442 g/mol. The molecule has 0 saturated carbocycles. The molecule has 6 N–H and O–H groups in total. The molecular formula is C12H19IN4O6. The van der Waals surface area contributed by atoms with Crippen molar-refractivity contribution in [2.45, 2.75) is 18.8 Å². The Morgan fingerprint density at radius 3 is 2.30 bits per heavy atom. The quantitative estimate of drug-likeness (QED) is 0.223. The third kappa shape index (κ3) is 6.78. The van der Waals surface area contributed by atoms with Crippen LogP contribution in [0.1, 0.15) is 10.5 Å². The van der Waals surface area contributed by atoms with Gasteiger partial charge in [-0.2, -0.15) is 5.10 Å². The van der Waals surface area contributed by atoms with Crippen molar-refractivity contribution < 1.29 is 30.0 Å². The minimum absolute atomic E-state index is 0.0832. The SMILES string of the molecule is O=C(Cn1cc(I)c(C(=O)NCC(O)CO)n1)NCC(O)CO. The summed E-state index contributed by atoms with van der Waals surface area (Å²) in [5.41, 5.74) is 0.0962. The number of halogens is 1. The molecule has 10 nitrogen and oxygen atoms in total.